The molecule has 1 atom stereocenters. The minimum Gasteiger partial charge on any atom is -0.329 e. The molecule has 0 aromatic rings. The maximum atomic E-state index is 14.6. The van der Waals surface area contributed by atoms with Crippen LogP contribution in [0.3, 0.4) is 0 Å². The van der Waals surface area contributed by atoms with Crippen molar-refractivity contribution < 1.29 is 230 Å². The molecule has 1 unspecified atom stereocenters. The summed E-state index contributed by atoms with van der Waals surface area (Å²) in [5.74, 6) is 0. The molecule has 0 heterocycles. The lowest BCUT2D eigenvalue weighted by molar-refractivity contribution is -0.0893. The van der Waals surface area contributed by atoms with Crippen molar-refractivity contribution in [2.24, 2.45) is 5.73 Å². The first kappa shape index (κ1) is 90.2. The summed E-state index contributed by atoms with van der Waals surface area (Å²) < 4.78 is 228. The number of hydrogen-bond donors (Lipinski definition) is 36. The highest BCUT2D eigenvalue weighted by Gasteiger charge is 2.93. The van der Waals surface area contributed by atoms with Crippen molar-refractivity contribution in [3.63, 3.8) is 0 Å². The molecule has 0 saturated heterocycles. The molecule has 0 amide bonds. The fourth-order valence-electron chi connectivity index (χ4n) is 9.52. The topological polar surface area (TPSA) is 989 Å². The van der Waals surface area contributed by atoms with E-state index in [0.717, 1.165) is 0 Å². The van der Waals surface area contributed by atoms with E-state index >= 15 is 0 Å². The van der Waals surface area contributed by atoms with Crippen molar-refractivity contribution in [2.45, 2.75) is 60.7 Å². The fourth-order valence-corrected chi connectivity index (χ4v) is 36.8. The maximum absolute atomic E-state index is 14.6. The molecular formula is C18H60N6O48P16. The van der Waals surface area contributed by atoms with Crippen molar-refractivity contribution in [2.75, 3.05) is 45.8 Å². The van der Waals surface area contributed by atoms with Crippen LogP contribution in [0.2, 0.25) is 0 Å². The maximum Gasteiger partial charge on any atom is 0.355 e. The predicted octanol–water partition coefficient (Wildman–Crippen LogP) is -9.51. The molecule has 0 radical (unpaired) electrons. The Morgan fingerprint density at radius 3 is 0.625 bits per heavy atom. The summed E-state index contributed by atoms with van der Waals surface area (Å²) >= 11 is 0. The van der Waals surface area contributed by atoms with Gasteiger partial charge in [-0.1, -0.05) is 0 Å². The molecule has 0 fully saturated rings. The summed E-state index contributed by atoms with van der Waals surface area (Å²) in [6, 6.07) is -5.64. The minimum atomic E-state index is -9.53. The highest BCUT2D eigenvalue weighted by molar-refractivity contribution is 7.76. The Labute approximate surface area is 487 Å². The van der Waals surface area contributed by atoms with Crippen LogP contribution in [0.1, 0.15) is 0 Å². The molecule has 0 aliphatic heterocycles. The molecular weight excluding hydrogens is 1560 g/mol. The zero-order chi connectivity index (χ0) is 71.4. The quantitative estimate of drug-likeness (QED) is 0.0202. The van der Waals surface area contributed by atoms with Gasteiger partial charge >= 0.3 is 122 Å². The molecule has 0 aromatic heterocycles. The average Bonchev–Trinajstić information content (AvgIpc) is 3.12. The van der Waals surface area contributed by atoms with Gasteiger partial charge in [-0.3, -0.25) is 77.9 Å². The van der Waals surface area contributed by atoms with Gasteiger partial charge in [0.1, 0.15) is 0 Å². The van der Waals surface area contributed by atoms with Gasteiger partial charge in [0.2, 0.25) is 16.6 Å². The zero-order valence-electron chi connectivity index (χ0n) is 42.1. The standard InChI is InChI=1S/C18H60N6O48P16/c19-1-2-20-3-4-21-5-6-22-7-8(9(73(25,26)27)74(28,29)30)23(14(83(55,56)57)84(58,59)60)17(10(75(31,32)33)76(34,35)36,11(77(37,38)39)78(40,41)42)18(12(79(43,44)45)80(46,47)48,13(81(49,50)51)82(52,53)54)24(15(85(61,62)63)86(64,65)66)16(87(67,68)69)88(70,71)72/h8-16,20-22H,1-7,19H2,(H2,25,26,27)(H2,28,29,30)(H2,31,32,33)(H2,34,35,36)(H2,37,38,39)(H2,40,41,42)(H2,43,44,45)(H2,46,47,48)(H2,49,50,51)(H2,52,53,54)(H2,55,56,57)(H2,58,59,60)(H2,61,62,63)(H2,64,65,66)(H2,67,68,69)(H2,70,71,72). The Bertz CT molecular complexity index is 2960. The van der Waals surface area contributed by atoms with Crippen molar-refractivity contribution in [3.05, 3.63) is 0 Å². The van der Waals surface area contributed by atoms with Crippen molar-refractivity contribution >= 4 is 122 Å². The van der Waals surface area contributed by atoms with Gasteiger partial charge < -0.3 is 178 Å². The second-order valence-electron chi connectivity index (χ2n) is 17.9. The summed E-state index contributed by atoms with van der Waals surface area (Å²) in [6.07, 6.45) is 0. The van der Waals surface area contributed by atoms with Gasteiger partial charge in [-0.25, -0.2) is 4.90 Å². The number of nitrogens with zero attached hydrogens (tertiary/aromatic N) is 2. The van der Waals surface area contributed by atoms with E-state index in [0.29, 0.717) is 0 Å². The van der Waals surface area contributed by atoms with E-state index in [9.17, 15) is 230 Å². The summed E-state index contributed by atoms with van der Waals surface area (Å²) in [5, 5.41) is -28.0. The van der Waals surface area contributed by atoms with Crippen LogP contribution in [0.15, 0.2) is 0 Å². The van der Waals surface area contributed by atoms with Crippen molar-refractivity contribution in [3.8, 4) is 0 Å². The third kappa shape index (κ3) is 22.1. The van der Waals surface area contributed by atoms with E-state index in [1.54, 1.807) is 0 Å². The monoisotopic (exact) mass is 1620 g/mol. The van der Waals surface area contributed by atoms with E-state index in [1.165, 1.54) is 5.32 Å². The number of nitrogens with two attached hydrogens (primary N) is 1. The van der Waals surface area contributed by atoms with Crippen LogP contribution in [-0.2, 0) is 73.0 Å². The van der Waals surface area contributed by atoms with Gasteiger partial charge in [0.05, 0.1) is 17.1 Å². The molecule has 0 bridgehead atoms. The average molecular weight is 1620 g/mol. The van der Waals surface area contributed by atoms with E-state index in [4.69, 9.17) is 5.73 Å². The van der Waals surface area contributed by atoms with Gasteiger partial charge in [-0.2, -0.15) is 0 Å². The van der Waals surface area contributed by atoms with Gasteiger partial charge in [-0.05, 0) is 0 Å². The molecule has 0 aliphatic carbocycles. The van der Waals surface area contributed by atoms with Crippen LogP contribution in [-0.4, -0.2) is 273 Å². The Kier molecular flexibility index (Phi) is 30.3. The van der Waals surface area contributed by atoms with Crippen LogP contribution in [0, 0.1) is 0 Å². The zero-order valence-corrected chi connectivity index (χ0v) is 56.4. The molecule has 530 valence electrons. The van der Waals surface area contributed by atoms with Crippen LogP contribution in [0.4, 0.5) is 0 Å². The van der Waals surface area contributed by atoms with Crippen molar-refractivity contribution in [1.82, 2.24) is 25.8 Å². The SMILES string of the molecule is NCCNCCNCCNCC(C(P(=O)(O)O)P(=O)(O)O)N(C(P(=O)(O)O)P(=O)(O)O)C(C(P(=O)(O)O)P(=O)(O)O)(C(P(=O)(O)O)P(=O)(O)O)C(C(P(=O)(O)O)P(=O)(O)O)(C(P(=O)(O)O)P(=O)(O)O)N(C(P(=O)(O)O)P(=O)(O)O)C(P(=O)(O)O)P(=O)(O)O. The third-order valence-corrected chi connectivity index (χ3v) is 41.0. The van der Waals surface area contributed by atoms with Crippen LogP contribution < -0.4 is 21.7 Å². The van der Waals surface area contributed by atoms with E-state index < -0.39 is 218 Å². The molecule has 0 rings (SSSR count). The first-order chi connectivity index (χ1) is 37.9. The molecule has 37 N–H and O–H groups in total. The lowest BCUT2D eigenvalue weighted by Gasteiger charge is -2.70. The van der Waals surface area contributed by atoms with Crippen LogP contribution in [0.5, 0.6) is 0 Å². The number of hydrogen-bond acceptors (Lipinski definition) is 22. The lowest BCUT2D eigenvalue weighted by Crippen LogP contribution is -2.88. The molecule has 0 aliphatic rings. The van der Waals surface area contributed by atoms with E-state index in [1.807, 2.05) is 0 Å². The first-order valence-corrected chi connectivity index (χ1v) is 48.0. The normalized spacial score (nSPS) is 16.4. The summed E-state index contributed by atoms with van der Waals surface area (Å²) in [4.78, 5) is 348. The van der Waals surface area contributed by atoms with Crippen LogP contribution in [0.25, 0.3) is 0 Å². The smallest absolute Gasteiger partial charge is 0.329 e. The number of nitrogens with one attached hydrogen (secondary N) is 3. The van der Waals surface area contributed by atoms with E-state index in [-0.39, 0.29) is 19.6 Å². The second kappa shape index (κ2) is 29.5. The van der Waals surface area contributed by atoms with Crippen LogP contribution >= 0.6 is 122 Å². The Morgan fingerprint density at radius 1 is 0.261 bits per heavy atom. The largest absolute Gasteiger partial charge is 0.355 e. The highest BCUT2D eigenvalue weighted by Crippen LogP contribution is 2.89. The van der Waals surface area contributed by atoms with E-state index in [2.05, 4.69) is 10.6 Å². The molecule has 70 heteroatoms. The second-order valence-corrected chi connectivity index (χ2v) is 48.2. The Balaban J connectivity index is 14.1. The minimum absolute atomic E-state index is 0.0269. The van der Waals surface area contributed by atoms with Gasteiger partial charge in [0, 0.05) is 45.8 Å². The fraction of sp³-hybridized carbons (Fsp3) is 1.00. The van der Waals surface area contributed by atoms with Gasteiger partial charge in [0.25, 0.3) is 0 Å². The highest BCUT2D eigenvalue weighted by atomic mass is 31.3. The molecule has 0 aromatic carbocycles. The first-order valence-electron chi connectivity index (χ1n) is 21.1. The molecule has 88 heavy (non-hydrogen) atoms. The Morgan fingerprint density at radius 2 is 0.443 bits per heavy atom. The third-order valence-electron chi connectivity index (χ3n) is 11.2. The number of rotatable bonds is 38. The van der Waals surface area contributed by atoms with Gasteiger partial charge in [0.15, 0.2) is 27.0 Å². The summed E-state index contributed by atoms with van der Waals surface area (Å²) in [5.41, 5.74) is -32.2. The molecule has 0 saturated carbocycles. The predicted molar refractivity (Wildman–Crippen MR) is 284 cm³/mol. The molecule has 0 spiro atoms. The van der Waals surface area contributed by atoms with Gasteiger partial charge in [-0.15, -0.1) is 0 Å². The Hall–Kier alpha value is 2.16. The summed E-state index contributed by atoms with van der Waals surface area (Å²) in [6.45, 7) is -6.65. The van der Waals surface area contributed by atoms with Crippen molar-refractivity contribution in [1.29, 1.82) is 0 Å². The molecule has 54 nitrogen and oxygen atoms in total. The lowest BCUT2D eigenvalue weighted by atomic mass is 9.76. The summed E-state index contributed by atoms with van der Waals surface area (Å²) in [7, 11) is -146.